The van der Waals surface area contributed by atoms with Crippen LogP contribution >= 0.6 is 0 Å². The summed E-state index contributed by atoms with van der Waals surface area (Å²) >= 11 is 0. The molecule has 0 atom stereocenters. The zero-order valence-corrected chi connectivity index (χ0v) is 11.9. The van der Waals surface area contributed by atoms with Crippen LogP contribution in [0, 0.1) is 0 Å². The van der Waals surface area contributed by atoms with Gasteiger partial charge in [0.25, 0.3) is 0 Å². The fourth-order valence-corrected chi connectivity index (χ4v) is 1.98. The molecule has 10 heteroatoms. The van der Waals surface area contributed by atoms with Crippen molar-refractivity contribution in [2.75, 3.05) is 54.6 Å². The number of rotatable bonds is 6. The summed E-state index contributed by atoms with van der Waals surface area (Å²) in [7, 11) is 0. The van der Waals surface area contributed by atoms with Crippen molar-refractivity contribution >= 4 is 23.8 Å². The lowest BCUT2D eigenvalue weighted by Crippen LogP contribution is -2.39. The van der Waals surface area contributed by atoms with E-state index in [0.717, 1.165) is 0 Å². The molecule has 2 heterocycles. The second kappa shape index (κ2) is 6.99. The molecule has 1 amide bonds. The SMILES string of the molecule is CCN(CC(N)=O)c1nc(NN)nc(N2CCOCC2)n1. The molecule has 1 fully saturated rings. The number of primary amides is 1. The number of carbonyl (C=O) groups excluding carboxylic acids is 1. The highest BCUT2D eigenvalue weighted by atomic mass is 16.5. The molecular formula is C11H20N8O2. The molecule has 1 aromatic rings. The summed E-state index contributed by atoms with van der Waals surface area (Å²) in [6.45, 7) is 5.07. The van der Waals surface area contributed by atoms with Gasteiger partial charge in [-0.15, -0.1) is 0 Å². The van der Waals surface area contributed by atoms with Crippen molar-refractivity contribution in [3.05, 3.63) is 0 Å². The summed E-state index contributed by atoms with van der Waals surface area (Å²) in [5.74, 6) is 6.05. The minimum absolute atomic E-state index is 0.0348. The van der Waals surface area contributed by atoms with Crippen molar-refractivity contribution in [2.24, 2.45) is 11.6 Å². The Morgan fingerprint density at radius 2 is 2.10 bits per heavy atom. The lowest BCUT2D eigenvalue weighted by atomic mass is 10.4. The van der Waals surface area contributed by atoms with Crippen LogP contribution in [0.2, 0.25) is 0 Å². The standard InChI is InChI=1S/C11H20N8O2/c1-2-18(7-8(12)20)10-14-9(17-13)15-11(16-10)19-3-5-21-6-4-19/h2-7,13H2,1H3,(H2,12,20)(H,14,15,16,17). The highest BCUT2D eigenvalue weighted by Crippen LogP contribution is 2.17. The molecule has 1 aliphatic rings. The number of nitrogens with one attached hydrogen (secondary N) is 1. The van der Waals surface area contributed by atoms with Gasteiger partial charge in [-0.1, -0.05) is 0 Å². The Morgan fingerprint density at radius 3 is 2.67 bits per heavy atom. The third-order valence-corrected chi connectivity index (χ3v) is 3.05. The van der Waals surface area contributed by atoms with Gasteiger partial charge in [0.1, 0.15) is 0 Å². The smallest absolute Gasteiger partial charge is 0.243 e. The zero-order valence-electron chi connectivity index (χ0n) is 11.9. The van der Waals surface area contributed by atoms with E-state index >= 15 is 0 Å². The lowest BCUT2D eigenvalue weighted by molar-refractivity contribution is -0.116. The predicted molar refractivity (Wildman–Crippen MR) is 77.8 cm³/mol. The molecular weight excluding hydrogens is 276 g/mol. The molecule has 0 aliphatic carbocycles. The summed E-state index contributed by atoms with van der Waals surface area (Å²) in [4.78, 5) is 27.6. The number of nitrogens with zero attached hydrogens (tertiary/aromatic N) is 5. The molecule has 0 spiro atoms. The van der Waals surface area contributed by atoms with E-state index in [0.29, 0.717) is 44.7 Å². The second-order valence-electron chi connectivity index (χ2n) is 4.48. The van der Waals surface area contributed by atoms with Crippen molar-refractivity contribution in [2.45, 2.75) is 6.92 Å². The van der Waals surface area contributed by atoms with Crippen LogP contribution in [-0.2, 0) is 9.53 Å². The summed E-state index contributed by atoms with van der Waals surface area (Å²) in [6.07, 6.45) is 0. The van der Waals surface area contributed by atoms with Gasteiger partial charge in [-0.05, 0) is 6.92 Å². The number of hydrogen-bond donors (Lipinski definition) is 3. The van der Waals surface area contributed by atoms with E-state index in [4.69, 9.17) is 16.3 Å². The monoisotopic (exact) mass is 296 g/mol. The maximum absolute atomic E-state index is 11.1. The Morgan fingerprint density at radius 1 is 1.38 bits per heavy atom. The van der Waals surface area contributed by atoms with Gasteiger partial charge in [-0.3, -0.25) is 10.2 Å². The number of hydrazine groups is 1. The van der Waals surface area contributed by atoms with Crippen molar-refractivity contribution < 1.29 is 9.53 Å². The first-order valence-electron chi connectivity index (χ1n) is 6.72. The number of carbonyl (C=O) groups is 1. The Bertz CT molecular complexity index is 491. The van der Waals surface area contributed by atoms with Gasteiger partial charge in [0, 0.05) is 19.6 Å². The van der Waals surface area contributed by atoms with Crippen molar-refractivity contribution in [3.63, 3.8) is 0 Å². The zero-order chi connectivity index (χ0) is 15.2. The normalized spacial score (nSPS) is 14.9. The van der Waals surface area contributed by atoms with Crippen LogP contribution in [0.3, 0.4) is 0 Å². The number of anilines is 3. The molecule has 1 aromatic heterocycles. The van der Waals surface area contributed by atoms with Gasteiger partial charge in [-0.2, -0.15) is 15.0 Å². The number of morpholine rings is 1. The van der Waals surface area contributed by atoms with E-state index in [2.05, 4.69) is 20.4 Å². The molecule has 0 bridgehead atoms. The predicted octanol–water partition coefficient (Wildman–Crippen LogP) is -1.69. The first-order chi connectivity index (χ1) is 10.1. The molecule has 1 saturated heterocycles. The van der Waals surface area contributed by atoms with Gasteiger partial charge >= 0.3 is 0 Å². The van der Waals surface area contributed by atoms with E-state index in [1.165, 1.54) is 0 Å². The summed E-state index contributed by atoms with van der Waals surface area (Å²) in [5, 5.41) is 0. The molecule has 10 nitrogen and oxygen atoms in total. The minimum atomic E-state index is -0.451. The van der Waals surface area contributed by atoms with Crippen LogP contribution in [0.1, 0.15) is 6.92 Å². The molecule has 1 aliphatic heterocycles. The molecule has 5 N–H and O–H groups in total. The van der Waals surface area contributed by atoms with Gasteiger partial charge < -0.3 is 20.3 Å². The van der Waals surface area contributed by atoms with Crippen LogP contribution in [0.25, 0.3) is 0 Å². The van der Waals surface area contributed by atoms with E-state index in [-0.39, 0.29) is 12.5 Å². The van der Waals surface area contributed by atoms with Gasteiger partial charge in [0.15, 0.2) is 0 Å². The highest BCUT2D eigenvalue weighted by molar-refractivity contribution is 5.78. The van der Waals surface area contributed by atoms with Crippen molar-refractivity contribution in [1.29, 1.82) is 0 Å². The first-order valence-corrected chi connectivity index (χ1v) is 6.72. The lowest BCUT2D eigenvalue weighted by Gasteiger charge is -2.28. The number of nitrogen functional groups attached to an aromatic ring is 1. The number of ether oxygens (including phenoxy) is 1. The van der Waals surface area contributed by atoms with E-state index in [9.17, 15) is 4.79 Å². The fraction of sp³-hybridized carbons (Fsp3) is 0.636. The van der Waals surface area contributed by atoms with Gasteiger partial charge in [0.05, 0.1) is 19.8 Å². The Balaban J connectivity index is 2.29. The molecule has 0 unspecified atom stereocenters. The van der Waals surface area contributed by atoms with Crippen LogP contribution < -0.4 is 26.8 Å². The second-order valence-corrected chi connectivity index (χ2v) is 4.48. The topological polar surface area (TPSA) is 136 Å². The number of aromatic nitrogens is 3. The van der Waals surface area contributed by atoms with Crippen molar-refractivity contribution in [3.8, 4) is 0 Å². The Kier molecular flexibility index (Phi) is 5.06. The van der Waals surface area contributed by atoms with Crippen LogP contribution in [0.4, 0.5) is 17.8 Å². The number of likely N-dealkylation sites (N-methyl/N-ethyl adjacent to an activating group) is 1. The van der Waals surface area contributed by atoms with E-state index in [1.54, 1.807) is 4.90 Å². The maximum atomic E-state index is 11.1. The minimum Gasteiger partial charge on any atom is -0.378 e. The highest BCUT2D eigenvalue weighted by Gasteiger charge is 2.19. The summed E-state index contributed by atoms with van der Waals surface area (Å²) in [6, 6.07) is 0. The Labute approximate surface area is 122 Å². The summed E-state index contributed by atoms with van der Waals surface area (Å²) < 4.78 is 5.30. The average Bonchev–Trinajstić information content (AvgIpc) is 2.52. The molecule has 0 saturated carbocycles. The molecule has 0 radical (unpaired) electrons. The van der Waals surface area contributed by atoms with E-state index < -0.39 is 5.91 Å². The maximum Gasteiger partial charge on any atom is 0.243 e. The largest absolute Gasteiger partial charge is 0.378 e. The summed E-state index contributed by atoms with van der Waals surface area (Å²) in [5.41, 5.74) is 7.65. The molecule has 2 rings (SSSR count). The fourth-order valence-electron chi connectivity index (χ4n) is 1.98. The third kappa shape index (κ3) is 3.89. The number of nitrogens with two attached hydrogens (primary N) is 2. The number of amides is 1. The molecule has 0 aromatic carbocycles. The number of hydrogen-bond acceptors (Lipinski definition) is 9. The quantitative estimate of drug-likeness (QED) is 0.414. The molecule has 116 valence electrons. The Hall–Kier alpha value is -2.20. The van der Waals surface area contributed by atoms with Crippen LogP contribution in [0.15, 0.2) is 0 Å². The third-order valence-electron chi connectivity index (χ3n) is 3.05. The van der Waals surface area contributed by atoms with Gasteiger partial charge in [0.2, 0.25) is 23.8 Å². The molecule has 21 heavy (non-hydrogen) atoms. The van der Waals surface area contributed by atoms with Crippen molar-refractivity contribution in [1.82, 2.24) is 15.0 Å². The average molecular weight is 296 g/mol. The van der Waals surface area contributed by atoms with E-state index in [1.807, 2.05) is 11.8 Å². The first kappa shape index (κ1) is 15.2. The van der Waals surface area contributed by atoms with Crippen LogP contribution in [-0.4, -0.2) is 60.3 Å². The van der Waals surface area contributed by atoms with Crippen LogP contribution in [0.5, 0.6) is 0 Å². The van der Waals surface area contributed by atoms with Gasteiger partial charge in [-0.25, -0.2) is 5.84 Å².